The molecule has 3 heterocycles. The third-order valence-corrected chi connectivity index (χ3v) is 8.99. The van der Waals surface area contributed by atoms with E-state index >= 15 is 0 Å². The van der Waals surface area contributed by atoms with Gasteiger partial charge >= 0.3 is 23.6 Å². The Bertz CT molecular complexity index is 1670. The van der Waals surface area contributed by atoms with Crippen molar-refractivity contribution in [2.75, 3.05) is 26.3 Å². The number of carboxylic acid groups (broad SMARTS) is 3. The maximum atomic E-state index is 14.1. The fraction of sp³-hybridized carbons (Fsp3) is 0.545. The molecule has 0 radical (unpaired) electrons. The minimum Gasteiger partial charge on any atom is -0.481 e. The zero-order valence-corrected chi connectivity index (χ0v) is 27.8. The third kappa shape index (κ3) is 8.62. The van der Waals surface area contributed by atoms with Gasteiger partial charge in [0.15, 0.2) is 17.2 Å². The van der Waals surface area contributed by atoms with Crippen LogP contribution in [0.1, 0.15) is 64.6 Å². The Kier molecular flexibility index (Phi) is 12.2. The number of aromatic nitrogens is 3. The molecule has 1 aliphatic heterocycles. The first-order chi connectivity index (χ1) is 22.4. The summed E-state index contributed by atoms with van der Waals surface area (Å²) >= 11 is 0. The lowest BCUT2D eigenvalue weighted by molar-refractivity contribution is -0.170. The average molecular weight is 679 g/mol. The number of nitrogens with zero attached hydrogens (tertiary/aromatic N) is 4. The normalized spacial score (nSPS) is 16.9. The van der Waals surface area contributed by atoms with Gasteiger partial charge in [-0.3, -0.25) is 28.6 Å². The Morgan fingerprint density at radius 3 is 2.06 bits per heavy atom. The molecule has 0 aliphatic carbocycles. The van der Waals surface area contributed by atoms with E-state index in [-0.39, 0.29) is 16.6 Å². The van der Waals surface area contributed by atoms with Gasteiger partial charge in [0.25, 0.3) is 0 Å². The number of aliphatic hydroxyl groups is 1. The summed E-state index contributed by atoms with van der Waals surface area (Å²) < 4.78 is 37.0. The highest BCUT2D eigenvalue weighted by Crippen LogP contribution is 2.41. The highest BCUT2D eigenvalue weighted by atomic mass is 19.2. The van der Waals surface area contributed by atoms with E-state index in [1.807, 2.05) is 33.0 Å². The van der Waals surface area contributed by atoms with Crippen LogP contribution in [0.2, 0.25) is 0 Å². The molecule has 0 saturated carbocycles. The van der Waals surface area contributed by atoms with Crippen molar-refractivity contribution in [3.05, 3.63) is 63.8 Å². The second-order valence-corrected chi connectivity index (χ2v) is 12.7. The number of carboxylic acids is 3. The summed E-state index contributed by atoms with van der Waals surface area (Å²) in [5.41, 5.74) is -0.314. The Morgan fingerprint density at radius 2 is 1.58 bits per heavy atom. The van der Waals surface area contributed by atoms with Crippen LogP contribution in [0, 0.1) is 24.0 Å². The maximum absolute atomic E-state index is 14.1. The van der Waals surface area contributed by atoms with Crippen LogP contribution < -0.4 is 5.69 Å². The summed E-state index contributed by atoms with van der Waals surface area (Å²) in [4.78, 5) is 50.6. The molecule has 2 aromatic heterocycles. The average Bonchev–Trinajstić information content (AvgIpc) is 3.54. The lowest BCUT2D eigenvalue weighted by atomic mass is 9.84. The van der Waals surface area contributed by atoms with Crippen molar-refractivity contribution >= 4 is 28.9 Å². The Labute approximate surface area is 276 Å². The van der Waals surface area contributed by atoms with Crippen LogP contribution in [0.3, 0.4) is 0 Å². The van der Waals surface area contributed by atoms with Gasteiger partial charge in [0.05, 0.1) is 30.5 Å². The molecule has 13 nitrogen and oxygen atoms in total. The van der Waals surface area contributed by atoms with Crippen LogP contribution >= 0.6 is 0 Å². The highest BCUT2D eigenvalue weighted by molar-refractivity contribution is 5.88. The first-order valence-electron chi connectivity index (χ1n) is 15.6. The van der Waals surface area contributed by atoms with Crippen molar-refractivity contribution in [3.8, 4) is 0 Å². The molecule has 264 valence electrons. The topological polar surface area (TPSA) is 184 Å². The van der Waals surface area contributed by atoms with E-state index in [0.29, 0.717) is 43.8 Å². The number of ether oxygens (including phenoxy) is 1. The van der Waals surface area contributed by atoms with Crippen LogP contribution in [0.15, 0.2) is 35.3 Å². The number of halogens is 2. The largest absolute Gasteiger partial charge is 0.481 e. The van der Waals surface area contributed by atoms with Gasteiger partial charge in [0.1, 0.15) is 0 Å². The van der Waals surface area contributed by atoms with Crippen molar-refractivity contribution in [2.45, 2.75) is 84.5 Å². The molecule has 1 aromatic carbocycles. The summed E-state index contributed by atoms with van der Waals surface area (Å²) in [6.07, 6.45) is 1.29. The van der Waals surface area contributed by atoms with Crippen molar-refractivity contribution in [2.24, 2.45) is 5.41 Å². The molecule has 4 rings (SSSR count). The predicted octanol–water partition coefficient (Wildman–Crippen LogP) is 3.61. The van der Waals surface area contributed by atoms with Gasteiger partial charge in [0.2, 0.25) is 0 Å². The number of imidazole rings is 1. The number of hydrogen-bond donors (Lipinski definition) is 4. The maximum Gasteiger partial charge on any atom is 0.336 e. The number of pyridine rings is 1. The minimum absolute atomic E-state index is 0.149. The summed E-state index contributed by atoms with van der Waals surface area (Å²) in [7, 11) is 0. The molecule has 1 atom stereocenters. The lowest BCUT2D eigenvalue weighted by Gasteiger charge is -2.38. The molecule has 1 saturated heterocycles. The molecule has 15 heteroatoms. The van der Waals surface area contributed by atoms with Crippen molar-refractivity contribution in [3.63, 3.8) is 0 Å². The number of likely N-dealkylation sites (tertiary alicyclic amines) is 1. The first kappa shape index (κ1) is 38.2. The number of aryl methyl sites for hydroxylation is 3. The zero-order chi connectivity index (χ0) is 36.0. The summed E-state index contributed by atoms with van der Waals surface area (Å²) in [6, 6.07) is 6.44. The molecular weight excluding hydrogens is 634 g/mol. The molecule has 48 heavy (non-hydrogen) atoms. The number of benzene rings is 1. The molecule has 3 aromatic rings. The Morgan fingerprint density at radius 1 is 1.00 bits per heavy atom. The van der Waals surface area contributed by atoms with Crippen LogP contribution in [-0.4, -0.2) is 89.3 Å². The van der Waals surface area contributed by atoms with Crippen molar-refractivity contribution in [1.29, 1.82) is 0 Å². The van der Waals surface area contributed by atoms with E-state index in [2.05, 4.69) is 29.8 Å². The van der Waals surface area contributed by atoms with Gasteiger partial charge in [-0.2, -0.15) is 0 Å². The number of carbonyl (C=O) groups is 3. The summed E-state index contributed by atoms with van der Waals surface area (Å²) in [5, 5.41) is 33.8. The number of rotatable bonds is 14. The molecule has 1 aliphatic rings. The molecule has 0 bridgehead atoms. The standard InChI is InChI=1S/C27H36F2N4O2.C6H8O7/c1-6-32-23-14-21(28)22(29)15-24(23)33(25(32)34)13-11-27(18-35-7-2)10-12-31(17-27)26(4,5)20-9-8-19(3)30-16-20;7-3(8)1-6(13,5(11)12)2-4(9)10/h8-9,14-16H,6-7,10-13,17-18H2,1-5H3;13H,1-2H2,(H,7,8)(H,9,10)(H,11,12). The van der Waals surface area contributed by atoms with Gasteiger partial charge in [0, 0.05) is 61.2 Å². The van der Waals surface area contributed by atoms with Gasteiger partial charge in [-0.1, -0.05) is 6.07 Å². The quantitative estimate of drug-likeness (QED) is 0.195. The Balaban J connectivity index is 0.000000408. The first-order valence-corrected chi connectivity index (χ1v) is 15.6. The van der Waals surface area contributed by atoms with Gasteiger partial charge in [-0.15, -0.1) is 0 Å². The van der Waals surface area contributed by atoms with E-state index in [1.54, 1.807) is 4.57 Å². The minimum atomic E-state index is -2.74. The van der Waals surface area contributed by atoms with Crippen LogP contribution in [-0.2, 0) is 37.7 Å². The smallest absolute Gasteiger partial charge is 0.336 e. The zero-order valence-electron chi connectivity index (χ0n) is 27.8. The number of hydrogen-bond acceptors (Lipinski definition) is 8. The second kappa shape index (κ2) is 15.3. The monoisotopic (exact) mass is 678 g/mol. The fourth-order valence-corrected chi connectivity index (χ4v) is 6.03. The number of fused-ring (bicyclic) bond motifs is 1. The van der Waals surface area contributed by atoms with E-state index in [4.69, 9.17) is 25.2 Å². The fourth-order valence-electron chi connectivity index (χ4n) is 6.03. The summed E-state index contributed by atoms with van der Waals surface area (Å²) in [5.74, 6) is -6.90. The van der Waals surface area contributed by atoms with Gasteiger partial charge < -0.3 is 25.2 Å². The SMILES string of the molecule is CCOCC1(CCn2c(=O)n(CC)c3cc(F)c(F)cc32)CCN(C(C)(C)c2ccc(C)nc2)C1.O=C(O)CC(O)(CC(=O)O)C(=O)O. The third-order valence-electron chi connectivity index (χ3n) is 8.99. The van der Waals surface area contributed by atoms with E-state index in [1.165, 1.54) is 4.57 Å². The van der Waals surface area contributed by atoms with Crippen LogP contribution in [0.25, 0.3) is 11.0 Å². The molecule has 1 unspecified atom stereocenters. The number of aliphatic carboxylic acids is 3. The van der Waals surface area contributed by atoms with E-state index in [9.17, 15) is 28.0 Å². The van der Waals surface area contributed by atoms with Gasteiger partial charge in [-0.25, -0.2) is 18.4 Å². The van der Waals surface area contributed by atoms with Crippen molar-refractivity contribution in [1.82, 2.24) is 19.0 Å². The summed E-state index contributed by atoms with van der Waals surface area (Å²) in [6.45, 7) is 14.0. The molecule has 0 amide bonds. The van der Waals surface area contributed by atoms with Crippen LogP contribution in [0.5, 0.6) is 0 Å². The van der Waals surface area contributed by atoms with Gasteiger partial charge in [-0.05, 0) is 65.6 Å². The molecular formula is C33H44F2N4O9. The van der Waals surface area contributed by atoms with E-state index in [0.717, 1.165) is 42.9 Å². The Hall–Kier alpha value is -4.21. The molecule has 0 spiro atoms. The molecule has 4 N–H and O–H groups in total. The second-order valence-electron chi connectivity index (χ2n) is 12.7. The van der Waals surface area contributed by atoms with E-state index < -0.39 is 48.0 Å². The lowest BCUT2D eigenvalue weighted by Crippen LogP contribution is -2.42. The van der Waals surface area contributed by atoms with Crippen molar-refractivity contribution < 1.29 is 48.3 Å². The predicted molar refractivity (Wildman–Crippen MR) is 171 cm³/mol. The molecule has 1 fully saturated rings. The highest BCUT2D eigenvalue weighted by Gasteiger charge is 2.44. The van der Waals surface area contributed by atoms with Crippen LogP contribution in [0.4, 0.5) is 8.78 Å².